The second kappa shape index (κ2) is 5.21. The van der Waals surface area contributed by atoms with Gasteiger partial charge in [0.1, 0.15) is 0 Å². The van der Waals surface area contributed by atoms with Crippen molar-refractivity contribution < 1.29 is 9.53 Å². The van der Waals surface area contributed by atoms with E-state index in [9.17, 15) is 4.79 Å². The molecule has 0 rings (SSSR count). The van der Waals surface area contributed by atoms with Crippen molar-refractivity contribution in [3.63, 3.8) is 0 Å². The summed E-state index contributed by atoms with van der Waals surface area (Å²) in [4.78, 5) is 10.9. The van der Waals surface area contributed by atoms with Crippen LogP contribution in [0.5, 0.6) is 0 Å². The van der Waals surface area contributed by atoms with Crippen LogP contribution in [0.15, 0.2) is 12.2 Å². The number of carbonyl (C=O) groups excluding carboxylic acids is 1. The topological polar surface area (TPSA) is 52.3 Å². The van der Waals surface area contributed by atoms with E-state index in [1.54, 1.807) is 6.92 Å². The zero-order chi connectivity index (χ0) is 8.85. The third-order valence-electron chi connectivity index (χ3n) is 1.13. The Labute approximate surface area is 71.0 Å². The summed E-state index contributed by atoms with van der Waals surface area (Å²) in [6, 6.07) is 0. The van der Waals surface area contributed by atoms with Gasteiger partial charge in [-0.15, -0.1) is 11.8 Å². The Morgan fingerprint density at radius 3 is 2.73 bits per heavy atom. The van der Waals surface area contributed by atoms with Crippen LogP contribution in [0.4, 0.5) is 0 Å². The first-order valence-corrected chi connectivity index (χ1v) is 4.56. The molecule has 0 aliphatic rings. The minimum Gasteiger partial charge on any atom is -0.463 e. The summed E-state index contributed by atoms with van der Waals surface area (Å²) in [5.74, 6) is -0.408. The highest BCUT2D eigenvalue weighted by molar-refractivity contribution is 7.99. The third kappa shape index (κ3) is 3.43. The number of esters is 1. The second-order valence-corrected chi connectivity index (χ2v) is 2.88. The van der Waals surface area contributed by atoms with Gasteiger partial charge in [-0.05, 0) is 13.2 Å². The van der Waals surface area contributed by atoms with Crippen molar-refractivity contribution in [3.05, 3.63) is 12.2 Å². The number of rotatable bonds is 4. The van der Waals surface area contributed by atoms with Crippen LogP contribution in [-0.2, 0) is 9.53 Å². The molecule has 1 atom stereocenters. The van der Waals surface area contributed by atoms with Crippen LogP contribution in [0.25, 0.3) is 0 Å². The van der Waals surface area contributed by atoms with Crippen LogP contribution in [0.3, 0.4) is 0 Å². The first-order valence-electron chi connectivity index (χ1n) is 3.27. The van der Waals surface area contributed by atoms with E-state index in [1.165, 1.54) is 11.8 Å². The molecule has 0 spiro atoms. The van der Waals surface area contributed by atoms with Gasteiger partial charge in [0, 0.05) is 0 Å². The van der Waals surface area contributed by atoms with Gasteiger partial charge >= 0.3 is 5.97 Å². The van der Waals surface area contributed by atoms with Crippen LogP contribution < -0.4 is 5.73 Å². The van der Waals surface area contributed by atoms with E-state index in [-0.39, 0.29) is 5.37 Å². The maximum atomic E-state index is 10.9. The minimum atomic E-state index is -0.408. The molecule has 64 valence electrons. The molecule has 1 unspecified atom stereocenters. The fourth-order valence-electron chi connectivity index (χ4n) is 0.482. The van der Waals surface area contributed by atoms with Gasteiger partial charge < -0.3 is 10.5 Å². The van der Waals surface area contributed by atoms with Crippen LogP contribution in [0, 0.1) is 0 Å². The molecule has 0 aromatic carbocycles. The summed E-state index contributed by atoms with van der Waals surface area (Å²) in [5, 5.41) is -0.353. The number of ether oxygens (including phenoxy) is 1. The number of carbonyl (C=O) groups is 1. The van der Waals surface area contributed by atoms with Crippen LogP contribution >= 0.6 is 11.8 Å². The van der Waals surface area contributed by atoms with E-state index in [0.717, 1.165) is 0 Å². The Bertz CT molecular complexity index is 159. The van der Waals surface area contributed by atoms with Crippen LogP contribution in [0.2, 0.25) is 0 Å². The molecule has 0 aromatic rings. The molecule has 0 aliphatic heterocycles. The maximum Gasteiger partial charge on any atom is 0.335 e. The number of nitrogens with two attached hydrogens (primary N) is 1. The zero-order valence-corrected chi connectivity index (χ0v) is 7.61. The van der Waals surface area contributed by atoms with Crippen LogP contribution in [0.1, 0.15) is 6.92 Å². The second-order valence-electron chi connectivity index (χ2n) is 1.90. The molecule has 0 fully saturated rings. The highest BCUT2D eigenvalue weighted by Crippen LogP contribution is 2.10. The smallest absolute Gasteiger partial charge is 0.335 e. The average Bonchev–Trinajstić information content (AvgIpc) is 2.02. The maximum absolute atomic E-state index is 10.9. The molecule has 0 amide bonds. The normalized spacial score (nSPS) is 12.3. The van der Waals surface area contributed by atoms with E-state index in [1.807, 2.05) is 6.26 Å². The van der Waals surface area contributed by atoms with Gasteiger partial charge in [-0.3, -0.25) is 0 Å². The van der Waals surface area contributed by atoms with Gasteiger partial charge in [0.05, 0.1) is 17.6 Å². The summed E-state index contributed by atoms with van der Waals surface area (Å²) in [7, 11) is 0. The molecule has 11 heavy (non-hydrogen) atoms. The number of hydrogen-bond donors (Lipinski definition) is 1. The van der Waals surface area contributed by atoms with Crippen molar-refractivity contribution in [2.24, 2.45) is 5.73 Å². The Balaban J connectivity index is 3.92. The van der Waals surface area contributed by atoms with Crippen molar-refractivity contribution in [2.75, 3.05) is 12.9 Å². The highest BCUT2D eigenvalue weighted by atomic mass is 32.2. The lowest BCUT2D eigenvalue weighted by atomic mass is 10.3. The van der Waals surface area contributed by atoms with E-state index >= 15 is 0 Å². The van der Waals surface area contributed by atoms with E-state index < -0.39 is 5.97 Å². The van der Waals surface area contributed by atoms with E-state index in [0.29, 0.717) is 12.2 Å². The molecule has 0 saturated heterocycles. The SMILES string of the molecule is C=C(C(=O)OCC)C(N)SC. The molecule has 0 aliphatic carbocycles. The van der Waals surface area contributed by atoms with Gasteiger partial charge in [-0.2, -0.15) is 0 Å². The predicted octanol–water partition coefficient (Wildman–Crippen LogP) is 0.754. The first kappa shape index (κ1) is 10.5. The number of thioether (sulfide) groups is 1. The summed E-state index contributed by atoms with van der Waals surface area (Å²) in [5.41, 5.74) is 5.83. The molecule has 0 radical (unpaired) electrons. The zero-order valence-electron chi connectivity index (χ0n) is 6.79. The standard InChI is InChI=1S/C7H13NO2S/c1-4-10-7(9)5(2)6(8)11-3/h6H,2,4,8H2,1,3H3. The third-order valence-corrected chi connectivity index (χ3v) is 1.93. The Morgan fingerprint density at radius 1 is 1.82 bits per heavy atom. The van der Waals surface area contributed by atoms with Gasteiger partial charge in [0.25, 0.3) is 0 Å². The summed E-state index contributed by atoms with van der Waals surface area (Å²) in [6.07, 6.45) is 1.81. The molecule has 2 N–H and O–H groups in total. The van der Waals surface area contributed by atoms with E-state index in [4.69, 9.17) is 10.5 Å². The number of hydrogen-bond acceptors (Lipinski definition) is 4. The molecule has 0 saturated carbocycles. The fourth-order valence-corrected chi connectivity index (χ4v) is 0.863. The predicted molar refractivity (Wildman–Crippen MR) is 47.3 cm³/mol. The molecule has 0 aromatic heterocycles. The van der Waals surface area contributed by atoms with Crippen molar-refractivity contribution in [1.29, 1.82) is 0 Å². The lowest BCUT2D eigenvalue weighted by Gasteiger charge is -2.09. The summed E-state index contributed by atoms with van der Waals surface area (Å²) in [6.45, 7) is 5.63. The molecule has 0 bridgehead atoms. The van der Waals surface area contributed by atoms with E-state index in [2.05, 4.69) is 6.58 Å². The molecule has 4 heteroatoms. The largest absolute Gasteiger partial charge is 0.463 e. The van der Waals surface area contributed by atoms with Gasteiger partial charge in [-0.25, -0.2) is 4.79 Å². The Kier molecular flexibility index (Phi) is 4.98. The molecule has 0 heterocycles. The monoisotopic (exact) mass is 175 g/mol. The van der Waals surface area contributed by atoms with Crippen LogP contribution in [-0.4, -0.2) is 24.2 Å². The average molecular weight is 175 g/mol. The fraction of sp³-hybridized carbons (Fsp3) is 0.571. The molecular weight excluding hydrogens is 162 g/mol. The summed E-state index contributed by atoms with van der Waals surface area (Å²) < 4.78 is 4.69. The summed E-state index contributed by atoms with van der Waals surface area (Å²) >= 11 is 1.36. The van der Waals surface area contributed by atoms with Crippen molar-refractivity contribution >= 4 is 17.7 Å². The quantitative estimate of drug-likeness (QED) is 0.389. The van der Waals surface area contributed by atoms with Gasteiger partial charge in [0.15, 0.2) is 0 Å². The minimum absolute atomic E-state index is 0.319. The molecule has 3 nitrogen and oxygen atoms in total. The highest BCUT2D eigenvalue weighted by Gasteiger charge is 2.14. The lowest BCUT2D eigenvalue weighted by molar-refractivity contribution is -0.138. The van der Waals surface area contributed by atoms with Gasteiger partial charge in [-0.1, -0.05) is 6.58 Å². The lowest BCUT2D eigenvalue weighted by Crippen LogP contribution is -2.24. The Hall–Kier alpha value is -0.480. The molecular formula is C7H13NO2S. The first-order chi connectivity index (χ1) is 5.13. The van der Waals surface area contributed by atoms with Crippen molar-refractivity contribution in [1.82, 2.24) is 0 Å². The van der Waals surface area contributed by atoms with Gasteiger partial charge in [0.2, 0.25) is 0 Å². The van der Waals surface area contributed by atoms with Crippen molar-refractivity contribution in [2.45, 2.75) is 12.3 Å². The Morgan fingerprint density at radius 2 is 2.36 bits per heavy atom. The van der Waals surface area contributed by atoms with Crippen molar-refractivity contribution in [3.8, 4) is 0 Å².